The molecule has 130 valence electrons. The fraction of sp³-hybridized carbons (Fsp3) is 0.500. The van der Waals surface area contributed by atoms with E-state index in [-0.39, 0.29) is 29.5 Å². The van der Waals surface area contributed by atoms with Gasteiger partial charge in [-0.3, -0.25) is 14.9 Å². The summed E-state index contributed by atoms with van der Waals surface area (Å²) < 4.78 is 9.86. The lowest BCUT2D eigenvalue weighted by molar-refractivity contribution is -0.385. The predicted molar refractivity (Wildman–Crippen MR) is 84.9 cm³/mol. The van der Waals surface area contributed by atoms with E-state index < -0.39 is 10.9 Å². The molecule has 1 fully saturated rings. The van der Waals surface area contributed by atoms with Gasteiger partial charge in [0.2, 0.25) is 0 Å². The van der Waals surface area contributed by atoms with Crippen molar-refractivity contribution in [3.63, 3.8) is 0 Å². The SMILES string of the molecule is COC(=O)c1ccc(OCC(=O)N2CCC(C)CC2)c([N+](=O)[O-])c1. The average molecular weight is 336 g/mol. The van der Waals surface area contributed by atoms with Crippen LogP contribution in [0.5, 0.6) is 5.75 Å². The van der Waals surface area contributed by atoms with E-state index in [9.17, 15) is 19.7 Å². The van der Waals surface area contributed by atoms with Crippen LogP contribution in [0.2, 0.25) is 0 Å². The van der Waals surface area contributed by atoms with E-state index in [2.05, 4.69) is 11.7 Å². The Hall–Kier alpha value is -2.64. The number of carbonyl (C=O) groups is 2. The number of amides is 1. The van der Waals surface area contributed by atoms with Crippen molar-refractivity contribution in [2.45, 2.75) is 19.8 Å². The maximum absolute atomic E-state index is 12.1. The van der Waals surface area contributed by atoms with Crippen molar-refractivity contribution in [1.29, 1.82) is 0 Å². The number of methoxy groups -OCH3 is 1. The molecule has 1 aliphatic rings. The summed E-state index contributed by atoms with van der Waals surface area (Å²) in [5, 5.41) is 11.1. The fourth-order valence-electron chi connectivity index (χ4n) is 2.52. The van der Waals surface area contributed by atoms with Crippen LogP contribution in [0.15, 0.2) is 18.2 Å². The first-order valence-corrected chi connectivity index (χ1v) is 7.69. The Morgan fingerprint density at radius 1 is 1.33 bits per heavy atom. The second kappa shape index (κ2) is 7.76. The molecule has 0 N–H and O–H groups in total. The number of nitrogens with zero attached hydrogens (tertiary/aromatic N) is 2. The lowest BCUT2D eigenvalue weighted by atomic mass is 9.99. The van der Waals surface area contributed by atoms with Crippen molar-refractivity contribution < 1.29 is 24.0 Å². The highest BCUT2D eigenvalue weighted by Gasteiger charge is 2.23. The quantitative estimate of drug-likeness (QED) is 0.463. The number of ether oxygens (including phenoxy) is 2. The Morgan fingerprint density at radius 3 is 2.58 bits per heavy atom. The Kier molecular flexibility index (Phi) is 5.73. The minimum atomic E-state index is -0.678. The fourth-order valence-corrected chi connectivity index (χ4v) is 2.52. The summed E-state index contributed by atoms with van der Waals surface area (Å²) in [6, 6.07) is 3.74. The number of nitro benzene ring substituents is 1. The second-order valence-electron chi connectivity index (χ2n) is 5.78. The molecule has 0 unspecified atom stereocenters. The topological polar surface area (TPSA) is 99.0 Å². The van der Waals surface area contributed by atoms with Crippen LogP contribution >= 0.6 is 0 Å². The van der Waals surface area contributed by atoms with Crippen molar-refractivity contribution in [2.75, 3.05) is 26.8 Å². The molecule has 0 aromatic heterocycles. The minimum Gasteiger partial charge on any atom is -0.477 e. The molecule has 1 amide bonds. The van der Waals surface area contributed by atoms with Crippen LogP contribution in [-0.2, 0) is 9.53 Å². The summed E-state index contributed by atoms with van der Waals surface area (Å²) in [6.45, 7) is 3.22. The number of benzene rings is 1. The molecule has 1 aromatic rings. The van der Waals surface area contributed by atoms with Crippen molar-refractivity contribution >= 4 is 17.6 Å². The summed E-state index contributed by atoms with van der Waals surface area (Å²) in [7, 11) is 1.19. The number of rotatable bonds is 5. The van der Waals surface area contributed by atoms with Crippen LogP contribution in [0.3, 0.4) is 0 Å². The van der Waals surface area contributed by atoms with Gasteiger partial charge in [-0.25, -0.2) is 4.79 Å². The van der Waals surface area contributed by atoms with Crippen molar-refractivity contribution in [3.05, 3.63) is 33.9 Å². The van der Waals surface area contributed by atoms with E-state index in [1.807, 2.05) is 0 Å². The lowest BCUT2D eigenvalue weighted by Crippen LogP contribution is -2.40. The molecule has 24 heavy (non-hydrogen) atoms. The zero-order chi connectivity index (χ0) is 17.7. The maximum atomic E-state index is 12.1. The maximum Gasteiger partial charge on any atom is 0.338 e. The third kappa shape index (κ3) is 4.21. The van der Waals surface area contributed by atoms with Gasteiger partial charge < -0.3 is 14.4 Å². The number of hydrogen-bond donors (Lipinski definition) is 0. The lowest BCUT2D eigenvalue weighted by Gasteiger charge is -2.30. The standard InChI is InChI=1S/C16H20N2O6/c1-11-5-7-17(8-6-11)15(19)10-24-14-4-3-12(16(20)23-2)9-13(14)18(21)22/h3-4,9,11H,5-8,10H2,1-2H3. The van der Waals surface area contributed by atoms with Gasteiger partial charge in [0, 0.05) is 19.2 Å². The Labute approximate surface area is 139 Å². The molecule has 0 bridgehead atoms. The van der Waals surface area contributed by atoms with E-state index >= 15 is 0 Å². The Bertz CT molecular complexity index is 637. The number of nitro groups is 1. The molecule has 1 aromatic carbocycles. The molecule has 8 heteroatoms. The molecule has 0 aliphatic carbocycles. The van der Waals surface area contributed by atoms with Crippen LogP contribution in [0.4, 0.5) is 5.69 Å². The molecule has 1 heterocycles. The largest absolute Gasteiger partial charge is 0.477 e. The molecule has 1 aliphatic heterocycles. The smallest absolute Gasteiger partial charge is 0.338 e. The third-order valence-electron chi connectivity index (χ3n) is 4.06. The second-order valence-corrected chi connectivity index (χ2v) is 5.78. The molecule has 8 nitrogen and oxygen atoms in total. The van der Waals surface area contributed by atoms with Gasteiger partial charge in [0.05, 0.1) is 17.6 Å². The average Bonchev–Trinajstić information content (AvgIpc) is 2.59. The van der Waals surface area contributed by atoms with Gasteiger partial charge in [0.1, 0.15) is 0 Å². The van der Waals surface area contributed by atoms with Crippen molar-refractivity contribution in [2.24, 2.45) is 5.92 Å². The van der Waals surface area contributed by atoms with Crippen LogP contribution in [0.1, 0.15) is 30.1 Å². The molecule has 0 radical (unpaired) electrons. The molecule has 1 saturated heterocycles. The molecule has 0 spiro atoms. The third-order valence-corrected chi connectivity index (χ3v) is 4.06. The zero-order valence-electron chi connectivity index (χ0n) is 13.7. The molecule has 0 atom stereocenters. The molecule has 2 rings (SSSR count). The van der Waals surface area contributed by atoms with Gasteiger partial charge in [0.25, 0.3) is 5.91 Å². The van der Waals surface area contributed by atoms with Gasteiger partial charge >= 0.3 is 11.7 Å². The number of esters is 1. The monoisotopic (exact) mass is 336 g/mol. The van der Waals surface area contributed by atoms with E-state index in [0.29, 0.717) is 19.0 Å². The number of carbonyl (C=O) groups excluding carboxylic acids is 2. The van der Waals surface area contributed by atoms with Crippen molar-refractivity contribution in [1.82, 2.24) is 4.90 Å². The molecular formula is C16H20N2O6. The van der Waals surface area contributed by atoms with Gasteiger partial charge in [-0.15, -0.1) is 0 Å². The zero-order valence-corrected chi connectivity index (χ0v) is 13.7. The Morgan fingerprint density at radius 2 is 2.00 bits per heavy atom. The summed E-state index contributed by atoms with van der Waals surface area (Å²) in [5.74, 6) is -0.329. The van der Waals surface area contributed by atoms with Gasteiger partial charge in [-0.2, -0.15) is 0 Å². The highest BCUT2D eigenvalue weighted by molar-refractivity contribution is 5.90. The summed E-state index contributed by atoms with van der Waals surface area (Å²) in [4.78, 5) is 35.8. The first-order chi connectivity index (χ1) is 11.4. The van der Waals surface area contributed by atoms with E-state index in [1.165, 1.54) is 19.2 Å². The summed E-state index contributed by atoms with van der Waals surface area (Å²) >= 11 is 0. The van der Waals surface area contributed by atoms with Crippen LogP contribution < -0.4 is 4.74 Å². The van der Waals surface area contributed by atoms with E-state index in [1.54, 1.807) is 4.90 Å². The van der Waals surface area contributed by atoms with Crippen LogP contribution in [0, 0.1) is 16.0 Å². The number of piperidine rings is 1. The van der Waals surface area contributed by atoms with Gasteiger partial charge in [0.15, 0.2) is 12.4 Å². The van der Waals surface area contributed by atoms with Crippen LogP contribution in [0.25, 0.3) is 0 Å². The van der Waals surface area contributed by atoms with Gasteiger partial charge in [-0.05, 0) is 30.9 Å². The minimum absolute atomic E-state index is 0.0490. The molecule has 0 saturated carbocycles. The Balaban J connectivity index is 2.05. The van der Waals surface area contributed by atoms with E-state index in [4.69, 9.17) is 4.74 Å². The normalized spacial score (nSPS) is 15.0. The van der Waals surface area contributed by atoms with Crippen molar-refractivity contribution in [3.8, 4) is 5.75 Å². The summed E-state index contributed by atoms with van der Waals surface area (Å²) in [5.41, 5.74) is -0.328. The predicted octanol–water partition coefficient (Wildman–Crippen LogP) is 2.02. The first-order valence-electron chi connectivity index (χ1n) is 7.69. The number of likely N-dealkylation sites (tertiary alicyclic amines) is 1. The van der Waals surface area contributed by atoms with E-state index in [0.717, 1.165) is 18.9 Å². The first kappa shape index (κ1) is 17.7. The highest BCUT2D eigenvalue weighted by atomic mass is 16.6. The summed E-state index contributed by atoms with van der Waals surface area (Å²) in [6.07, 6.45) is 1.89. The van der Waals surface area contributed by atoms with Crippen LogP contribution in [-0.4, -0.2) is 48.5 Å². The number of hydrogen-bond acceptors (Lipinski definition) is 6. The van der Waals surface area contributed by atoms with Gasteiger partial charge in [-0.1, -0.05) is 6.92 Å². The molecular weight excluding hydrogens is 316 g/mol. The highest BCUT2D eigenvalue weighted by Crippen LogP contribution is 2.28.